The fourth-order valence-corrected chi connectivity index (χ4v) is 1.44. The Labute approximate surface area is 119 Å². The second-order valence-electron chi connectivity index (χ2n) is 4.70. The molecule has 0 saturated heterocycles. The summed E-state index contributed by atoms with van der Waals surface area (Å²) >= 11 is 0. The van der Waals surface area contributed by atoms with Crippen LogP contribution >= 0.6 is 0 Å². The first-order valence-electron chi connectivity index (χ1n) is 6.02. The molecule has 0 aliphatic rings. The van der Waals surface area contributed by atoms with Gasteiger partial charge in [0.2, 0.25) is 0 Å². The number of halogens is 3. The molecule has 1 rings (SSSR count). The van der Waals surface area contributed by atoms with Crippen LogP contribution < -0.4 is 5.32 Å². The largest absolute Gasteiger partial charge is 0.478 e. The molecule has 0 aliphatic carbocycles. The number of nitrogens with one attached hydrogen (secondary N) is 1. The number of amides is 2. The average Bonchev–Trinajstić information content (AvgIpc) is 2.36. The quantitative estimate of drug-likeness (QED) is 0.900. The zero-order valence-corrected chi connectivity index (χ0v) is 11.7. The van der Waals surface area contributed by atoms with E-state index in [1.807, 2.05) is 0 Å². The van der Waals surface area contributed by atoms with Crippen molar-refractivity contribution in [2.45, 2.75) is 26.1 Å². The lowest BCUT2D eigenvalue weighted by molar-refractivity contribution is -0.137. The van der Waals surface area contributed by atoms with Gasteiger partial charge in [0.05, 0.1) is 16.8 Å². The third-order valence-corrected chi connectivity index (χ3v) is 2.91. The maximum atomic E-state index is 12.6. The minimum atomic E-state index is -4.65. The molecule has 0 atom stereocenters. The van der Waals surface area contributed by atoms with Crippen LogP contribution in [-0.4, -0.2) is 35.1 Å². The van der Waals surface area contributed by atoms with E-state index in [1.165, 1.54) is 11.9 Å². The molecule has 1 aromatic rings. The van der Waals surface area contributed by atoms with Crippen molar-refractivity contribution >= 4 is 17.7 Å². The van der Waals surface area contributed by atoms with Gasteiger partial charge in [-0.15, -0.1) is 0 Å². The lowest BCUT2D eigenvalue weighted by atomic mass is 10.1. The first kappa shape index (κ1) is 16.8. The summed E-state index contributed by atoms with van der Waals surface area (Å²) < 4.78 is 37.7. The summed E-state index contributed by atoms with van der Waals surface area (Å²) in [6, 6.07) is 1.39. The predicted molar refractivity (Wildman–Crippen MR) is 70.3 cm³/mol. The Morgan fingerprint density at radius 1 is 1.29 bits per heavy atom. The smallest absolute Gasteiger partial charge is 0.416 e. The molecule has 0 bridgehead atoms. The number of carboxylic acid groups (broad SMARTS) is 1. The number of hydrogen-bond donors (Lipinski definition) is 2. The molecule has 1 aromatic carbocycles. The first-order chi connectivity index (χ1) is 9.54. The number of urea groups is 1. The normalized spacial score (nSPS) is 11.4. The highest BCUT2D eigenvalue weighted by molar-refractivity contribution is 6.00. The van der Waals surface area contributed by atoms with Gasteiger partial charge in [-0.1, -0.05) is 0 Å². The van der Waals surface area contributed by atoms with E-state index in [1.54, 1.807) is 13.8 Å². The van der Waals surface area contributed by atoms with Gasteiger partial charge in [-0.25, -0.2) is 9.59 Å². The van der Waals surface area contributed by atoms with Crippen LogP contribution in [0.4, 0.5) is 23.7 Å². The van der Waals surface area contributed by atoms with Gasteiger partial charge < -0.3 is 15.3 Å². The molecule has 0 fully saturated rings. The lowest BCUT2D eigenvalue weighted by Crippen LogP contribution is -2.36. The predicted octanol–water partition coefficient (Wildman–Crippen LogP) is 3.28. The monoisotopic (exact) mass is 304 g/mol. The molecule has 0 radical (unpaired) electrons. The molecular formula is C13H15F3N2O3. The van der Waals surface area contributed by atoms with Crippen molar-refractivity contribution in [1.82, 2.24) is 4.90 Å². The number of carboxylic acids is 1. The van der Waals surface area contributed by atoms with Gasteiger partial charge in [0.1, 0.15) is 0 Å². The molecule has 0 heterocycles. The van der Waals surface area contributed by atoms with Crippen LogP contribution in [0.3, 0.4) is 0 Å². The maximum absolute atomic E-state index is 12.6. The first-order valence-corrected chi connectivity index (χ1v) is 6.02. The molecule has 0 spiro atoms. The molecule has 8 heteroatoms. The molecule has 0 unspecified atom stereocenters. The van der Waals surface area contributed by atoms with E-state index >= 15 is 0 Å². The molecule has 0 saturated carbocycles. The van der Waals surface area contributed by atoms with E-state index < -0.39 is 29.3 Å². The highest BCUT2D eigenvalue weighted by atomic mass is 19.4. The maximum Gasteiger partial charge on any atom is 0.416 e. The second-order valence-corrected chi connectivity index (χ2v) is 4.70. The molecular weight excluding hydrogens is 289 g/mol. The molecule has 116 valence electrons. The minimum Gasteiger partial charge on any atom is -0.478 e. The Kier molecular flexibility index (Phi) is 4.82. The van der Waals surface area contributed by atoms with Crippen LogP contribution in [0.15, 0.2) is 18.2 Å². The van der Waals surface area contributed by atoms with Crippen LogP contribution in [-0.2, 0) is 6.18 Å². The summed E-state index contributed by atoms with van der Waals surface area (Å²) in [6.07, 6.45) is -4.65. The van der Waals surface area contributed by atoms with Crippen molar-refractivity contribution in [1.29, 1.82) is 0 Å². The number of aromatic carboxylic acids is 1. The standard InChI is InChI=1S/C13H15F3N2O3/c1-7(2)18(3)12(21)17-10-5-4-8(13(14,15)16)6-9(10)11(19)20/h4-7H,1-3H3,(H,17,21)(H,19,20). The number of anilines is 1. The Hall–Kier alpha value is -2.25. The molecule has 0 aliphatic heterocycles. The van der Waals surface area contributed by atoms with Crippen LogP contribution in [0.25, 0.3) is 0 Å². The third-order valence-electron chi connectivity index (χ3n) is 2.91. The highest BCUT2D eigenvalue weighted by Gasteiger charge is 2.32. The van der Waals surface area contributed by atoms with E-state index in [9.17, 15) is 22.8 Å². The number of carbonyl (C=O) groups is 2. The Bertz CT molecular complexity index is 556. The van der Waals surface area contributed by atoms with Crippen molar-refractivity contribution in [3.63, 3.8) is 0 Å². The zero-order valence-electron chi connectivity index (χ0n) is 11.7. The fraction of sp³-hybridized carbons (Fsp3) is 0.385. The fourth-order valence-electron chi connectivity index (χ4n) is 1.44. The summed E-state index contributed by atoms with van der Waals surface area (Å²) in [5.41, 5.74) is -1.89. The summed E-state index contributed by atoms with van der Waals surface area (Å²) in [5, 5.41) is 11.3. The van der Waals surface area contributed by atoms with Gasteiger partial charge >= 0.3 is 18.2 Å². The van der Waals surface area contributed by atoms with Crippen molar-refractivity contribution in [2.24, 2.45) is 0 Å². The summed E-state index contributed by atoms with van der Waals surface area (Å²) in [5.74, 6) is -1.55. The van der Waals surface area contributed by atoms with Gasteiger partial charge in [-0.05, 0) is 32.0 Å². The van der Waals surface area contributed by atoms with E-state index in [4.69, 9.17) is 5.11 Å². The summed E-state index contributed by atoms with van der Waals surface area (Å²) in [7, 11) is 1.49. The van der Waals surface area contributed by atoms with Crippen molar-refractivity contribution < 1.29 is 27.9 Å². The van der Waals surface area contributed by atoms with Crippen LogP contribution in [0.5, 0.6) is 0 Å². The Morgan fingerprint density at radius 2 is 1.86 bits per heavy atom. The van der Waals surface area contributed by atoms with E-state index in [-0.39, 0.29) is 11.7 Å². The third kappa shape index (κ3) is 4.11. The number of hydrogen-bond acceptors (Lipinski definition) is 2. The van der Waals surface area contributed by atoms with Gasteiger partial charge in [0.25, 0.3) is 0 Å². The Balaban J connectivity index is 3.14. The molecule has 2 N–H and O–H groups in total. The molecule has 0 aromatic heterocycles. The number of benzene rings is 1. The number of carbonyl (C=O) groups excluding carboxylic acids is 1. The molecule has 2 amide bonds. The second kappa shape index (κ2) is 6.02. The van der Waals surface area contributed by atoms with Crippen molar-refractivity contribution in [3.05, 3.63) is 29.3 Å². The zero-order chi connectivity index (χ0) is 16.4. The highest BCUT2D eigenvalue weighted by Crippen LogP contribution is 2.32. The number of alkyl halides is 3. The SMILES string of the molecule is CC(C)N(C)C(=O)Nc1ccc(C(F)(F)F)cc1C(=O)O. The van der Waals surface area contributed by atoms with Crippen LogP contribution in [0.1, 0.15) is 29.8 Å². The van der Waals surface area contributed by atoms with E-state index in [0.29, 0.717) is 6.07 Å². The molecule has 21 heavy (non-hydrogen) atoms. The number of rotatable bonds is 3. The van der Waals surface area contributed by atoms with Gasteiger partial charge in [-0.3, -0.25) is 0 Å². The van der Waals surface area contributed by atoms with E-state index in [2.05, 4.69) is 5.32 Å². The number of nitrogens with zero attached hydrogens (tertiary/aromatic N) is 1. The van der Waals surface area contributed by atoms with E-state index in [0.717, 1.165) is 12.1 Å². The van der Waals surface area contributed by atoms with Gasteiger partial charge in [0.15, 0.2) is 0 Å². The van der Waals surface area contributed by atoms with Crippen molar-refractivity contribution in [3.8, 4) is 0 Å². The Morgan fingerprint density at radius 3 is 2.29 bits per heavy atom. The topological polar surface area (TPSA) is 69.6 Å². The van der Waals surface area contributed by atoms with Crippen molar-refractivity contribution in [2.75, 3.05) is 12.4 Å². The van der Waals surface area contributed by atoms with Gasteiger partial charge in [-0.2, -0.15) is 13.2 Å². The van der Waals surface area contributed by atoms with Gasteiger partial charge in [0, 0.05) is 13.1 Å². The lowest BCUT2D eigenvalue weighted by Gasteiger charge is -2.22. The van der Waals surface area contributed by atoms with Crippen LogP contribution in [0, 0.1) is 0 Å². The summed E-state index contributed by atoms with van der Waals surface area (Å²) in [6.45, 7) is 3.48. The minimum absolute atomic E-state index is 0.146. The molecule has 5 nitrogen and oxygen atoms in total. The van der Waals surface area contributed by atoms with Crippen LogP contribution in [0.2, 0.25) is 0 Å². The summed E-state index contributed by atoms with van der Waals surface area (Å²) in [4.78, 5) is 24.2. The average molecular weight is 304 g/mol.